The molecule has 0 radical (unpaired) electrons. The number of aromatic nitrogens is 2. The Hall–Kier alpha value is -3.64. The number of halogens is 6. The molecule has 12 heteroatoms. The largest absolute Gasteiger partial charge is 0.416 e. The van der Waals surface area contributed by atoms with Crippen molar-refractivity contribution in [2.24, 2.45) is 5.73 Å². The summed E-state index contributed by atoms with van der Waals surface area (Å²) in [4.78, 5) is 11.3. The molecule has 3 aromatic rings. The highest BCUT2D eigenvalue weighted by molar-refractivity contribution is 5.91. The number of likely N-dealkylation sites (tertiary alicyclic amines) is 1. The third-order valence-electron chi connectivity index (χ3n) is 6.58. The van der Waals surface area contributed by atoms with Crippen molar-refractivity contribution in [1.82, 2.24) is 14.9 Å². The molecule has 0 bridgehead atoms. The lowest BCUT2D eigenvalue weighted by Crippen LogP contribution is -2.39. The molecule has 4 rings (SSSR count). The van der Waals surface area contributed by atoms with Crippen molar-refractivity contribution in [3.63, 3.8) is 0 Å². The first-order chi connectivity index (χ1) is 18.9. The van der Waals surface area contributed by atoms with Gasteiger partial charge in [0.25, 0.3) is 0 Å². The number of β-amino-alcohol motifs (C(OH)–C–C–N with tert-alkyl or cyclic N) is 1. The number of piperidine rings is 1. The fraction of sp³-hybridized carbons (Fsp3) is 0.357. The highest BCUT2D eigenvalue weighted by Crippen LogP contribution is 2.33. The first-order valence-corrected chi connectivity index (χ1v) is 12.7. The lowest BCUT2D eigenvalue weighted by atomic mass is 10.0. The molecule has 1 aliphatic heterocycles. The molecule has 4 N–H and O–H groups in total. The Balaban J connectivity index is 1.67. The van der Waals surface area contributed by atoms with Crippen LogP contribution in [0.3, 0.4) is 0 Å². The summed E-state index contributed by atoms with van der Waals surface area (Å²) in [6, 6.07) is 9.14. The van der Waals surface area contributed by atoms with Gasteiger partial charge in [0.2, 0.25) is 0 Å². The van der Waals surface area contributed by atoms with Crippen LogP contribution in [0.15, 0.2) is 66.4 Å². The number of alkyl halides is 6. The minimum absolute atomic E-state index is 0.322. The van der Waals surface area contributed by atoms with Crippen LogP contribution >= 0.6 is 0 Å². The number of allylic oxidation sites excluding steroid dienone is 3. The quantitative estimate of drug-likeness (QED) is 0.233. The molecule has 1 saturated heterocycles. The second-order valence-electron chi connectivity index (χ2n) is 9.64. The van der Waals surface area contributed by atoms with E-state index < -0.39 is 36.0 Å². The van der Waals surface area contributed by atoms with Crippen molar-refractivity contribution in [1.29, 1.82) is 0 Å². The number of rotatable bonds is 8. The number of benzene rings is 2. The number of nitrogens with zero attached hydrogens (tertiary/aromatic N) is 3. The zero-order valence-electron chi connectivity index (χ0n) is 21.4. The summed E-state index contributed by atoms with van der Waals surface area (Å²) in [6.45, 7) is 1.90. The van der Waals surface area contributed by atoms with E-state index in [-0.39, 0.29) is 0 Å². The molecular formula is C28H29F6N5O. The Kier molecular flexibility index (Phi) is 8.99. The zero-order valence-corrected chi connectivity index (χ0v) is 21.4. The number of hydrogen-bond acceptors (Lipinski definition) is 6. The topological polar surface area (TPSA) is 87.3 Å². The van der Waals surface area contributed by atoms with Gasteiger partial charge in [0.05, 0.1) is 17.2 Å². The van der Waals surface area contributed by atoms with E-state index in [1.54, 1.807) is 12.1 Å². The predicted octanol–water partition coefficient (Wildman–Crippen LogP) is 5.90. The molecule has 0 spiro atoms. The van der Waals surface area contributed by atoms with E-state index in [0.29, 0.717) is 53.3 Å². The smallest absolute Gasteiger partial charge is 0.405 e. The molecule has 1 fully saturated rings. The third kappa shape index (κ3) is 7.72. The minimum atomic E-state index is -4.56. The van der Waals surface area contributed by atoms with Crippen LogP contribution in [0.1, 0.15) is 29.8 Å². The number of hydrogen-bond donors (Lipinski definition) is 3. The number of fused-ring (bicyclic) bond motifs is 1. The van der Waals surface area contributed by atoms with Crippen LogP contribution in [0.2, 0.25) is 0 Å². The third-order valence-corrected chi connectivity index (χ3v) is 6.58. The van der Waals surface area contributed by atoms with Crippen molar-refractivity contribution < 1.29 is 31.4 Å². The molecule has 0 aliphatic carbocycles. The van der Waals surface area contributed by atoms with Crippen LogP contribution < -0.4 is 11.1 Å². The number of nitrogens with two attached hydrogens (primary N) is 1. The molecule has 2 aromatic carbocycles. The SMILES string of the molecule is N/C=C\C=C(/Cc1ccc2c(Nc3ccc(C(F)(F)F)cc3)nc(CCN3CCCC(O)C3)nc2c1)C(F)(F)F. The average Bonchev–Trinajstić information content (AvgIpc) is 2.89. The van der Waals surface area contributed by atoms with Gasteiger partial charge in [-0.25, -0.2) is 9.97 Å². The minimum Gasteiger partial charge on any atom is -0.405 e. The first kappa shape index (κ1) is 29.3. The molecule has 2 heterocycles. The Morgan fingerprint density at radius 3 is 2.48 bits per heavy atom. The van der Waals surface area contributed by atoms with Gasteiger partial charge in [-0.2, -0.15) is 26.3 Å². The molecule has 40 heavy (non-hydrogen) atoms. The highest BCUT2D eigenvalue weighted by Gasteiger charge is 2.33. The maximum atomic E-state index is 13.5. The molecule has 6 nitrogen and oxygen atoms in total. The Bertz CT molecular complexity index is 1370. The van der Waals surface area contributed by atoms with Gasteiger partial charge < -0.3 is 21.1 Å². The van der Waals surface area contributed by atoms with E-state index in [2.05, 4.69) is 20.2 Å². The summed E-state index contributed by atoms with van der Waals surface area (Å²) in [5.74, 6) is 0.736. The average molecular weight is 566 g/mol. The summed E-state index contributed by atoms with van der Waals surface area (Å²) in [6.07, 6.45) is -4.79. The van der Waals surface area contributed by atoms with Crippen LogP contribution in [-0.4, -0.2) is 51.9 Å². The Morgan fingerprint density at radius 2 is 1.82 bits per heavy atom. The van der Waals surface area contributed by atoms with Gasteiger partial charge in [0.1, 0.15) is 11.6 Å². The highest BCUT2D eigenvalue weighted by atomic mass is 19.4. The van der Waals surface area contributed by atoms with Crippen molar-refractivity contribution in [3.8, 4) is 0 Å². The molecule has 1 aliphatic rings. The van der Waals surface area contributed by atoms with Gasteiger partial charge in [-0.15, -0.1) is 0 Å². The lowest BCUT2D eigenvalue weighted by Gasteiger charge is -2.29. The van der Waals surface area contributed by atoms with E-state index in [9.17, 15) is 31.4 Å². The molecule has 0 amide bonds. The fourth-order valence-electron chi connectivity index (χ4n) is 4.56. The normalized spacial score (nSPS) is 17.6. The molecule has 1 atom stereocenters. The van der Waals surface area contributed by atoms with Crippen LogP contribution in [0.4, 0.5) is 37.8 Å². The van der Waals surface area contributed by atoms with E-state index in [0.717, 1.165) is 49.9 Å². The molecular weight excluding hydrogens is 536 g/mol. The number of aliphatic hydroxyl groups is 1. The van der Waals surface area contributed by atoms with Crippen LogP contribution in [0.25, 0.3) is 10.9 Å². The van der Waals surface area contributed by atoms with Gasteiger partial charge in [0, 0.05) is 42.6 Å². The maximum absolute atomic E-state index is 13.5. The van der Waals surface area contributed by atoms with Gasteiger partial charge in [-0.3, -0.25) is 0 Å². The number of aliphatic hydroxyl groups excluding tert-OH is 1. The van der Waals surface area contributed by atoms with Crippen LogP contribution in [-0.2, 0) is 19.0 Å². The molecule has 1 unspecified atom stereocenters. The summed E-state index contributed by atoms with van der Waals surface area (Å²) >= 11 is 0. The predicted molar refractivity (Wildman–Crippen MR) is 141 cm³/mol. The maximum Gasteiger partial charge on any atom is 0.416 e. The van der Waals surface area contributed by atoms with Crippen LogP contribution in [0, 0.1) is 0 Å². The van der Waals surface area contributed by atoms with Crippen LogP contribution in [0.5, 0.6) is 0 Å². The summed E-state index contributed by atoms with van der Waals surface area (Å²) < 4.78 is 79.6. The van der Waals surface area contributed by atoms with Gasteiger partial charge in [-0.1, -0.05) is 12.1 Å². The molecule has 0 saturated carbocycles. The van der Waals surface area contributed by atoms with E-state index >= 15 is 0 Å². The first-order valence-electron chi connectivity index (χ1n) is 12.7. The summed E-state index contributed by atoms with van der Waals surface area (Å²) in [7, 11) is 0. The second-order valence-corrected chi connectivity index (χ2v) is 9.64. The monoisotopic (exact) mass is 565 g/mol. The van der Waals surface area contributed by atoms with Crippen molar-refractivity contribution >= 4 is 22.4 Å². The number of nitrogens with one attached hydrogen (secondary N) is 1. The van der Waals surface area contributed by atoms with Crippen molar-refractivity contribution in [2.75, 3.05) is 25.0 Å². The van der Waals surface area contributed by atoms with Gasteiger partial charge >= 0.3 is 12.4 Å². The zero-order chi connectivity index (χ0) is 28.9. The Morgan fingerprint density at radius 1 is 1.07 bits per heavy atom. The molecule has 214 valence electrons. The summed E-state index contributed by atoms with van der Waals surface area (Å²) in [5.41, 5.74) is 4.76. The number of anilines is 2. The van der Waals surface area contributed by atoms with E-state index in [1.807, 2.05) is 0 Å². The standard InChI is InChI=1S/C28H29F6N5O/c29-27(30,31)19-6-8-21(9-7-19)36-26-23-10-5-18(15-20(3-1-12-35)28(32,33)34)16-24(23)37-25(38-26)11-14-39-13-2-4-22(40)17-39/h1,3,5-10,12,16,22,40H,2,4,11,13-15,17,35H2,(H,36,37,38)/b12-1-,20-3+. The van der Waals surface area contributed by atoms with Crippen molar-refractivity contribution in [2.45, 2.75) is 44.1 Å². The lowest BCUT2D eigenvalue weighted by molar-refractivity contribution is -0.137. The van der Waals surface area contributed by atoms with Gasteiger partial charge in [0.15, 0.2) is 0 Å². The van der Waals surface area contributed by atoms with Crippen molar-refractivity contribution in [3.05, 3.63) is 83.3 Å². The van der Waals surface area contributed by atoms with E-state index in [1.165, 1.54) is 18.2 Å². The van der Waals surface area contributed by atoms with E-state index in [4.69, 9.17) is 5.73 Å². The van der Waals surface area contributed by atoms with Gasteiger partial charge in [-0.05, 0) is 73.6 Å². The summed E-state index contributed by atoms with van der Waals surface area (Å²) in [5, 5.41) is 13.5. The Labute approximate surface area is 227 Å². The fourth-order valence-corrected chi connectivity index (χ4v) is 4.56. The molecule has 1 aromatic heterocycles. The second kappa shape index (κ2) is 12.3.